The van der Waals surface area contributed by atoms with E-state index < -0.39 is 22.9 Å². The van der Waals surface area contributed by atoms with Crippen LogP contribution in [0.3, 0.4) is 0 Å². The number of fused-ring (bicyclic) bond motifs is 1. The van der Waals surface area contributed by atoms with Crippen molar-refractivity contribution in [1.29, 1.82) is 0 Å². The van der Waals surface area contributed by atoms with Gasteiger partial charge in [0.1, 0.15) is 18.2 Å². The minimum absolute atomic E-state index is 0.407. The van der Waals surface area contributed by atoms with E-state index in [2.05, 4.69) is 48.3 Å². The van der Waals surface area contributed by atoms with E-state index in [-0.39, 0.29) is 0 Å². The van der Waals surface area contributed by atoms with Gasteiger partial charge in [0.15, 0.2) is 0 Å². The summed E-state index contributed by atoms with van der Waals surface area (Å²) in [7, 11) is 0. The van der Waals surface area contributed by atoms with E-state index in [1.807, 2.05) is 24.3 Å². The van der Waals surface area contributed by atoms with Gasteiger partial charge in [-0.3, -0.25) is 0 Å². The van der Waals surface area contributed by atoms with E-state index in [9.17, 15) is 0 Å². The number of nitrogens with zero attached hydrogens (tertiary/aromatic N) is 3. The van der Waals surface area contributed by atoms with Crippen molar-refractivity contribution in [2.24, 2.45) is 5.92 Å². The van der Waals surface area contributed by atoms with Crippen molar-refractivity contribution in [2.75, 3.05) is 19.6 Å². The summed E-state index contributed by atoms with van der Waals surface area (Å²) in [4.78, 5) is 7.67. The Hall–Kier alpha value is -1.69. The summed E-state index contributed by atoms with van der Waals surface area (Å²) in [6.07, 6.45) is 10.1. The second-order valence-electron chi connectivity index (χ2n) is 10.2. The van der Waals surface area contributed by atoms with Gasteiger partial charge < -0.3 is 9.30 Å². The number of hydrogen-bond acceptors (Lipinski definition) is 3. The number of piperidine rings is 1. The van der Waals surface area contributed by atoms with Crippen LogP contribution in [0.25, 0.3) is 11.0 Å². The number of allylic oxidation sites excluding steroid dienone is 2. The van der Waals surface area contributed by atoms with Crippen LogP contribution < -0.4 is 4.74 Å². The Bertz CT molecular complexity index is 1210. The first-order valence-electron chi connectivity index (χ1n) is 13.4. The Balaban J connectivity index is 1.12. The molecule has 0 amide bonds. The fraction of sp³-hybridized carbons (Fsp3) is 0.433. The molecule has 6 heteroatoms. The van der Waals surface area contributed by atoms with Gasteiger partial charge in [-0.25, -0.2) is 4.98 Å². The third kappa shape index (κ3) is 6.79. The zero-order valence-corrected chi connectivity index (χ0v) is 25.4. The van der Waals surface area contributed by atoms with Crippen molar-refractivity contribution in [2.45, 2.75) is 58.6 Å². The number of aromatic nitrogens is 2. The molecule has 2 aliphatic heterocycles. The molecule has 2 aliphatic rings. The van der Waals surface area contributed by atoms with E-state index >= 15 is 0 Å². The van der Waals surface area contributed by atoms with Crippen molar-refractivity contribution in [3.8, 4) is 5.75 Å². The third-order valence-electron chi connectivity index (χ3n) is 7.61. The Morgan fingerprint density at radius 2 is 1.89 bits per heavy atom. The van der Waals surface area contributed by atoms with Gasteiger partial charge in [0.2, 0.25) is 0 Å². The number of imidazole rings is 1. The first-order chi connectivity index (χ1) is 17.7. The summed E-state index contributed by atoms with van der Waals surface area (Å²) in [5.74, 6) is 2.67. The Morgan fingerprint density at radius 1 is 1.06 bits per heavy atom. The van der Waals surface area contributed by atoms with E-state index in [4.69, 9.17) is 21.3 Å². The van der Waals surface area contributed by atoms with Crippen LogP contribution in [0.1, 0.15) is 49.9 Å². The van der Waals surface area contributed by atoms with Crippen LogP contribution in [0.15, 0.2) is 61.8 Å². The van der Waals surface area contributed by atoms with Crippen molar-refractivity contribution < 1.29 is 4.74 Å². The first kappa shape index (κ1) is 25.9. The van der Waals surface area contributed by atoms with Gasteiger partial charge in [-0.05, 0) is 42.8 Å². The van der Waals surface area contributed by atoms with Crippen LogP contribution in [0, 0.1) is 12.8 Å². The molecular weight excluding hydrogens is 569 g/mol. The fourth-order valence-electron chi connectivity index (χ4n) is 5.50. The standard InChI is InChI=1S/C30H36ClN3O.In/c1-4-23(2)8-6-18-33-20-16-25(17-21-33)10-7-19-34-28-11-5-9-24(3)30(28)32-29(34)22-35-27-14-12-26(31)13-15-27;/h1-2,4-5,9,11-15,25H,6-8,10,16-22H2,3H3;. The average Bonchev–Trinajstić information content (AvgIpc) is 3.54. The van der Waals surface area contributed by atoms with Gasteiger partial charge in [0.05, 0.1) is 11.0 Å². The van der Waals surface area contributed by atoms with Crippen molar-refractivity contribution >= 4 is 45.5 Å². The summed E-state index contributed by atoms with van der Waals surface area (Å²) in [6, 6.07) is 14.0. The average molecular weight is 605 g/mol. The molecule has 5 rings (SSSR count). The number of para-hydroxylation sites is 1. The number of ether oxygens (including phenoxy) is 1. The summed E-state index contributed by atoms with van der Waals surface area (Å²) >= 11 is 5.62. The van der Waals surface area contributed by atoms with Crippen LogP contribution in [-0.4, -0.2) is 57.0 Å². The normalized spacial score (nSPS) is 16.4. The van der Waals surface area contributed by atoms with Crippen LogP contribution in [0.5, 0.6) is 5.75 Å². The van der Waals surface area contributed by atoms with Gasteiger partial charge in [0.25, 0.3) is 0 Å². The van der Waals surface area contributed by atoms with Crippen molar-refractivity contribution in [3.63, 3.8) is 0 Å². The number of halogens is 1. The van der Waals surface area contributed by atoms with E-state index in [1.54, 1.807) is 5.57 Å². The van der Waals surface area contributed by atoms with Crippen LogP contribution in [0.4, 0.5) is 0 Å². The molecule has 3 aromatic rings. The molecule has 0 atom stereocenters. The number of rotatable bonds is 11. The maximum absolute atomic E-state index is 6.08. The molecule has 187 valence electrons. The van der Waals surface area contributed by atoms with Crippen LogP contribution in [-0.2, 0) is 13.2 Å². The molecule has 1 radical (unpaired) electrons. The van der Waals surface area contributed by atoms with Gasteiger partial charge in [-0.2, -0.15) is 0 Å². The molecule has 1 saturated heterocycles. The molecule has 3 heterocycles. The van der Waals surface area contributed by atoms with E-state index in [1.165, 1.54) is 69.2 Å². The molecule has 1 fully saturated rings. The predicted molar refractivity (Wildman–Crippen MR) is 151 cm³/mol. The van der Waals surface area contributed by atoms with Gasteiger partial charge in [-0.1, -0.05) is 23.7 Å². The van der Waals surface area contributed by atoms with Gasteiger partial charge in [-0.15, -0.1) is 0 Å². The second kappa shape index (κ2) is 12.7. The first-order valence-corrected chi connectivity index (χ1v) is 17.6. The zero-order chi connectivity index (χ0) is 24.7. The zero-order valence-electron chi connectivity index (χ0n) is 21.3. The molecule has 0 aliphatic carbocycles. The van der Waals surface area contributed by atoms with Crippen molar-refractivity contribution in [3.05, 3.63) is 78.2 Å². The molecule has 0 bridgehead atoms. The van der Waals surface area contributed by atoms with E-state index in [0.29, 0.717) is 6.61 Å². The number of benzene rings is 2. The summed E-state index contributed by atoms with van der Waals surface area (Å²) in [5, 5.41) is 0.720. The Kier molecular flexibility index (Phi) is 9.16. The Labute approximate surface area is 231 Å². The molecule has 4 nitrogen and oxygen atoms in total. The number of aryl methyl sites for hydroxylation is 2. The topological polar surface area (TPSA) is 30.3 Å². The molecule has 0 unspecified atom stereocenters. The van der Waals surface area contributed by atoms with Gasteiger partial charge in [0, 0.05) is 5.02 Å². The molecule has 0 saturated carbocycles. The monoisotopic (exact) mass is 604 g/mol. The molecule has 36 heavy (non-hydrogen) atoms. The third-order valence-corrected chi connectivity index (χ3v) is 10.8. The maximum atomic E-state index is 6.08. The molecule has 0 N–H and O–H groups in total. The van der Waals surface area contributed by atoms with Crippen LogP contribution >= 0.6 is 11.6 Å². The predicted octanol–water partition coefficient (Wildman–Crippen LogP) is 6.96. The molecule has 2 aromatic carbocycles. The summed E-state index contributed by atoms with van der Waals surface area (Å²) in [6.45, 7) is 7.40. The fourth-order valence-corrected chi connectivity index (χ4v) is 8.46. The van der Waals surface area contributed by atoms with Gasteiger partial charge >= 0.3 is 118 Å². The minimum atomic E-state index is -0.407. The van der Waals surface area contributed by atoms with E-state index in [0.717, 1.165) is 34.6 Å². The summed E-state index contributed by atoms with van der Waals surface area (Å²) < 4.78 is 13.5. The molecule has 0 spiro atoms. The quantitative estimate of drug-likeness (QED) is 0.237. The van der Waals surface area contributed by atoms with Crippen molar-refractivity contribution in [1.82, 2.24) is 14.5 Å². The summed E-state index contributed by atoms with van der Waals surface area (Å²) in [5.41, 5.74) is 5.14. The second-order valence-corrected chi connectivity index (χ2v) is 13.8. The number of hydrogen-bond donors (Lipinski definition) is 0. The molecule has 1 aromatic heterocycles. The SMILES string of the molecule is Cc1cccc2c1nc(COc1ccc(Cl)cc1)n2CCCC1CCN(CCCC2=[CH][In][CH]=C2)CC1. The Morgan fingerprint density at radius 3 is 2.67 bits per heavy atom. The number of likely N-dealkylation sites (tertiary alicyclic amines) is 1. The molecular formula is C30H36ClInN3O. The van der Waals surface area contributed by atoms with Crippen LogP contribution in [0.2, 0.25) is 5.02 Å².